The third-order valence-corrected chi connectivity index (χ3v) is 4.56. The third-order valence-electron chi connectivity index (χ3n) is 4.28. The van der Waals surface area contributed by atoms with Crippen LogP contribution in [0.25, 0.3) is 0 Å². The van der Waals surface area contributed by atoms with Gasteiger partial charge in [-0.05, 0) is 27.2 Å². The summed E-state index contributed by atoms with van der Waals surface area (Å²) in [5.41, 5.74) is -0.473. The van der Waals surface area contributed by atoms with Crippen molar-refractivity contribution in [2.24, 2.45) is 0 Å². The van der Waals surface area contributed by atoms with Crippen molar-refractivity contribution in [1.82, 2.24) is 0 Å². The molecule has 6 nitrogen and oxygen atoms in total. The zero-order valence-electron chi connectivity index (χ0n) is 20.0. The smallest absolute Gasteiger partial charge is 1.00 e. The van der Waals surface area contributed by atoms with E-state index in [2.05, 4.69) is 11.6 Å². The van der Waals surface area contributed by atoms with Gasteiger partial charge in [-0.3, -0.25) is 0 Å². The third kappa shape index (κ3) is 25.1. The van der Waals surface area contributed by atoms with Gasteiger partial charge in [-0.1, -0.05) is 84.0 Å². The molecule has 0 aromatic heterocycles. The van der Waals surface area contributed by atoms with Crippen LogP contribution in [0.4, 0.5) is 0 Å². The first-order valence-corrected chi connectivity index (χ1v) is 12.3. The Morgan fingerprint density at radius 1 is 0.821 bits per heavy atom. The van der Waals surface area contributed by atoms with Crippen molar-refractivity contribution >= 4 is 7.82 Å². The minimum Gasteiger partial charge on any atom is -1.00 e. The van der Waals surface area contributed by atoms with Crippen molar-refractivity contribution in [2.75, 3.05) is 0 Å². The topological polar surface area (TPSA) is 85.2 Å². The van der Waals surface area contributed by atoms with E-state index in [1.165, 1.54) is 64.2 Å². The Labute approximate surface area is 196 Å². The molecule has 1 atom stereocenters. The van der Waals surface area contributed by atoms with E-state index >= 15 is 0 Å². The molecule has 0 fully saturated rings. The van der Waals surface area contributed by atoms with Crippen LogP contribution < -0.4 is 29.6 Å². The fourth-order valence-corrected chi connectivity index (χ4v) is 3.16. The van der Waals surface area contributed by atoms with Gasteiger partial charge in [0.15, 0.2) is 6.29 Å². The molecule has 0 aromatic rings. The largest absolute Gasteiger partial charge is 1.00 e. The minimum atomic E-state index is -4.66. The van der Waals surface area contributed by atoms with Crippen LogP contribution in [-0.4, -0.2) is 21.7 Å². The summed E-state index contributed by atoms with van der Waals surface area (Å²) < 4.78 is 20.6. The first-order chi connectivity index (χ1) is 12.6. The van der Waals surface area contributed by atoms with Crippen LogP contribution in [0.15, 0.2) is 0 Å². The van der Waals surface area contributed by atoms with Gasteiger partial charge in [0.1, 0.15) is 0 Å². The molecule has 8 heteroatoms. The predicted molar refractivity (Wildman–Crippen MR) is 110 cm³/mol. The number of rotatable bonds is 18. The van der Waals surface area contributed by atoms with E-state index in [0.29, 0.717) is 6.42 Å². The Bertz CT molecular complexity index is 390. The Kier molecular flexibility index (Phi) is 20.9. The second-order valence-corrected chi connectivity index (χ2v) is 9.48. The summed E-state index contributed by atoms with van der Waals surface area (Å²) in [4.78, 5) is 22.3. The summed E-state index contributed by atoms with van der Waals surface area (Å²) in [7, 11) is -4.66. The molecule has 0 heterocycles. The maximum Gasteiger partial charge on any atom is 1.00 e. The van der Waals surface area contributed by atoms with Crippen molar-refractivity contribution in [2.45, 2.75) is 129 Å². The summed E-state index contributed by atoms with van der Waals surface area (Å²) in [6, 6.07) is 0. The van der Waals surface area contributed by atoms with Crippen LogP contribution in [-0.2, 0) is 18.9 Å². The van der Waals surface area contributed by atoms with Crippen LogP contribution in [0, 0.1) is 0 Å². The molecule has 0 bridgehead atoms. The van der Waals surface area contributed by atoms with E-state index in [-0.39, 0.29) is 31.0 Å². The van der Waals surface area contributed by atoms with Crippen LogP contribution in [0.5, 0.6) is 0 Å². The molecule has 0 spiro atoms. The molecule has 0 amide bonds. The summed E-state index contributed by atoms with van der Waals surface area (Å²) >= 11 is 0. The maximum absolute atomic E-state index is 10.8. The summed E-state index contributed by atoms with van der Waals surface area (Å²) in [5, 5.41) is 0. The second-order valence-electron chi connectivity index (χ2n) is 8.35. The van der Waals surface area contributed by atoms with Crippen molar-refractivity contribution in [3.05, 3.63) is 0 Å². The monoisotopic (exact) mass is 434 g/mol. The molecule has 0 aromatic carbocycles. The van der Waals surface area contributed by atoms with Gasteiger partial charge in [-0.25, -0.2) is 4.57 Å². The molecule has 2 N–H and O–H groups in total. The van der Waals surface area contributed by atoms with E-state index in [4.69, 9.17) is 19.4 Å². The zero-order valence-corrected chi connectivity index (χ0v) is 21.8. The number of unbranched alkanes of at least 4 members (excludes halogenated alkanes) is 12. The van der Waals surface area contributed by atoms with Gasteiger partial charge in [0.25, 0.3) is 0 Å². The van der Waals surface area contributed by atoms with E-state index in [1.807, 2.05) is 20.8 Å². The summed E-state index contributed by atoms with van der Waals surface area (Å²) in [6.07, 6.45) is 16.3. The van der Waals surface area contributed by atoms with Crippen molar-refractivity contribution in [3.8, 4) is 0 Å². The van der Waals surface area contributed by atoms with E-state index < -0.39 is 19.7 Å². The molecule has 1 unspecified atom stereocenters. The Morgan fingerprint density at radius 2 is 1.21 bits per heavy atom. The molecular formula is C20H44NaO6P. The molecule has 166 valence electrons. The van der Waals surface area contributed by atoms with Crippen LogP contribution in [0.1, 0.15) is 119 Å². The van der Waals surface area contributed by atoms with Crippen molar-refractivity contribution in [1.29, 1.82) is 0 Å². The molecule has 28 heavy (non-hydrogen) atoms. The average Bonchev–Trinajstić information content (AvgIpc) is 2.54. The molecule has 0 rings (SSSR count). The minimum absolute atomic E-state index is 0. The maximum atomic E-state index is 10.8. The summed E-state index contributed by atoms with van der Waals surface area (Å²) in [6.45, 7) is 7.85. The quantitative estimate of drug-likeness (QED) is 0.0853. The van der Waals surface area contributed by atoms with Crippen molar-refractivity contribution < 1.29 is 59.6 Å². The van der Waals surface area contributed by atoms with Gasteiger partial charge < -0.3 is 16.0 Å². The zero-order chi connectivity index (χ0) is 20.6. The molecule has 0 aliphatic rings. The molecular weight excluding hydrogens is 390 g/mol. The number of hydrogen-bond acceptors (Lipinski definition) is 4. The number of phosphoric acid groups is 1. The van der Waals surface area contributed by atoms with Gasteiger partial charge >= 0.3 is 37.4 Å². The standard InChI is InChI=1S/C20H43O6P.Na.H/c1-5-6-7-8-9-10-11-12-13-14-15-16-17-18-19(24-20(2,3)4)25-26-27(21,22)23;;/h19H,5-18H2,1-4H3,(H2,21,22,23);;/q;+1;-1. The van der Waals surface area contributed by atoms with Gasteiger partial charge in [-0.15, -0.1) is 4.67 Å². The molecule has 0 aliphatic carbocycles. The molecule has 0 radical (unpaired) electrons. The SMILES string of the molecule is CCCCCCCCCCCCCCCC(OOP(=O)(O)O)OC(C)(C)C.[H-].[Na+]. The van der Waals surface area contributed by atoms with Gasteiger partial charge in [0, 0.05) is 6.42 Å². The van der Waals surface area contributed by atoms with Gasteiger partial charge in [0.05, 0.1) is 5.60 Å². The molecule has 0 saturated carbocycles. The van der Waals surface area contributed by atoms with E-state index in [9.17, 15) is 4.57 Å². The fraction of sp³-hybridized carbons (Fsp3) is 1.00. The van der Waals surface area contributed by atoms with Crippen LogP contribution >= 0.6 is 7.82 Å². The average molecular weight is 435 g/mol. The normalized spacial score (nSPS) is 13.4. The van der Waals surface area contributed by atoms with E-state index in [1.54, 1.807) is 0 Å². The van der Waals surface area contributed by atoms with Crippen molar-refractivity contribution in [3.63, 3.8) is 0 Å². The predicted octanol–water partition coefficient (Wildman–Crippen LogP) is 3.77. The van der Waals surface area contributed by atoms with Crippen LogP contribution in [0.2, 0.25) is 0 Å². The fourth-order valence-electron chi connectivity index (χ4n) is 2.95. The van der Waals surface area contributed by atoms with E-state index in [0.717, 1.165) is 19.3 Å². The Morgan fingerprint density at radius 3 is 1.57 bits per heavy atom. The first-order valence-electron chi connectivity index (χ1n) is 10.7. The first kappa shape index (κ1) is 31.2. The molecule has 0 saturated heterocycles. The van der Waals surface area contributed by atoms with Gasteiger partial charge in [0.2, 0.25) is 0 Å². The second kappa shape index (κ2) is 18.8. The summed E-state index contributed by atoms with van der Waals surface area (Å²) in [5.74, 6) is 0. The number of ether oxygens (including phenoxy) is 1. The van der Waals surface area contributed by atoms with Gasteiger partial charge in [-0.2, -0.15) is 4.89 Å². The Balaban J connectivity index is -0.00000338. The number of hydrogen-bond donors (Lipinski definition) is 2. The molecule has 0 aliphatic heterocycles. The van der Waals surface area contributed by atoms with Crippen LogP contribution in [0.3, 0.4) is 0 Å². The Hall–Kier alpha value is 1.03.